The fourth-order valence-corrected chi connectivity index (χ4v) is 3.71. The van der Waals surface area contributed by atoms with Crippen LogP contribution in [0.1, 0.15) is 19.3 Å². The summed E-state index contributed by atoms with van der Waals surface area (Å²) >= 11 is 0. The zero-order valence-electron chi connectivity index (χ0n) is 11.0. The Morgan fingerprint density at radius 3 is 2.32 bits per heavy atom. The fraction of sp³-hybridized carbons (Fsp3) is 0.909. The van der Waals surface area contributed by atoms with Gasteiger partial charge in [0.2, 0.25) is 5.91 Å². The molecule has 1 saturated heterocycles. The molecule has 8 heteroatoms. The number of carbonyl (C=O) groups is 1. The van der Waals surface area contributed by atoms with Crippen molar-refractivity contribution in [3.05, 3.63) is 0 Å². The van der Waals surface area contributed by atoms with Crippen LogP contribution in [0.3, 0.4) is 0 Å². The Balaban J connectivity index is 1.92. The largest absolute Gasteiger partial charge is 0.340 e. The van der Waals surface area contributed by atoms with Gasteiger partial charge in [-0.3, -0.25) is 4.79 Å². The summed E-state index contributed by atoms with van der Waals surface area (Å²) < 4.78 is 23.6. The van der Waals surface area contributed by atoms with Gasteiger partial charge in [-0.1, -0.05) is 6.42 Å². The number of rotatable bonds is 3. The quantitative estimate of drug-likeness (QED) is 0.673. The fourth-order valence-electron chi connectivity index (χ4n) is 3.04. The summed E-state index contributed by atoms with van der Waals surface area (Å²) in [6.07, 6.45) is 2.97. The highest BCUT2D eigenvalue weighted by Crippen LogP contribution is 2.32. The predicted molar refractivity (Wildman–Crippen MR) is 71.1 cm³/mol. The molecule has 7 nitrogen and oxygen atoms in total. The second-order valence-electron chi connectivity index (χ2n) is 5.30. The Morgan fingerprint density at radius 2 is 1.79 bits per heavy atom. The van der Waals surface area contributed by atoms with E-state index >= 15 is 0 Å². The first-order chi connectivity index (χ1) is 8.93. The van der Waals surface area contributed by atoms with Gasteiger partial charge in [-0.2, -0.15) is 12.7 Å². The standard InChI is InChI=1S/C11H22N4O3S/c12-8-9-2-1-3-10(9)11(16)14-4-6-15(7-5-14)19(13,17)18/h9-10H,1-8,12H2,(H2,13,17,18)/t9-,10-/m1/s1. The van der Waals surface area contributed by atoms with Crippen LogP contribution < -0.4 is 10.9 Å². The Hall–Kier alpha value is -0.700. The molecule has 110 valence electrons. The summed E-state index contributed by atoms with van der Waals surface area (Å²) in [5.74, 6) is 0.428. The average Bonchev–Trinajstić information content (AvgIpc) is 2.85. The number of carbonyl (C=O) groups excluding carboxylic acids is 1. The number of piperazine rings is 1. The second kappa shape index (κ2) is 5.74. The van der Waals surface area contributed by atoms with E-state index in [0.29, 0.717) is 19.6 Å². The van der Waals surface area contributed by atoms with Crippen molar-refractivity contribution in [3.63, 3.8) is 0 Å². The van der Waals surface area contributed by atoms with Gasteiger partial charge in [0.05, 0.1) is 0 Å². The monoisotopic (exact) mass is 290 g/mol. The van der Waals surface area contributed by atoms with Crippen LogP contribution in [0.4, 0.5) is 0 Å². The minimum absolute atomic E-state index is 0.0195. The van der Waals surface area contributed by atoms with E-state index < -0.39 is 10.2 Å². The molecule has 2 fully saturated rings. The van der Waals surface area contributed by atoms with Gasteiger partial charge in [0.1, 0.15) is 0 Å². The Labute approximate surface area is 114 Å². The van der Waals surface area contributed by atoms with E-state index in [-0.39, 0.29) is 30.8 Å². The van der Waals surface area contributed by atoms with Gasteiger partial charge in [-0.05, 0) is 25.3 Å². The Bertz CT molecular complexity index is 431. The summed E-state index contributed by atoms with van der Waals surface area (Å²) in [7, 11) is -3.63. The third kappa shape index (κ3) is 3.25. The molecule has 4 N–H and O–H groups in total. The maximum Gasteiger partial charge on any atom is 0.277 e. The first kappa shape index (κ1) is 14.7. The molecule has 0 radical (unpaired) electrons. The molecule has 1 amide bonds. The Kier molecular flexibility index (Phi) is 4.44. The van der Waals surface area contributed by atoms with Crippen molar-refractivity contribution in [1.82, 2.24) is 9.21 Å². The number of hydrogen-bond acceptors (Lipinski definition) is 4. The lowest BCUT2D eigenvalue weighted by molar-refractivity contribution is -0.137. The molecular formula is C11H22N4O3S. The van der Waals surface area contributed by atoms with Crippen LogP contribution in [-0.4, -0.2) is 56.3 Å². The molecule has 0 unspecified atom stereocenters. The second-order valence-corrected chi connectivity index (χ2v) is 6.85. The van der Waals surface area contributed by atoms with Crippen LogP contribution in [0.25, 0.3) is 0 Å². The summed E-state index contributed by atoms with van der Waals surface area (Å²) in [5, 5.41) is 5.08. The number of hydrogen-bond donors (Lipinski definition) is 2. The summed E-state index contributed by atoms with van der Waals surface area (Å²) in [5.41, 5.74) is 5.70. The van der Waals surface area contributed by atoms with Gasteiger partial charge in [-0.15, -0.1) is 0 Å². The molecule has 1 saturated carbocycles. The Morgan fingerprint density at radius 1 is 1.16 bits per heavy atom. The van der Waals surface area contributed by atoms with E-state index in [4.69, 9.17) is 10.9 Å². The van der Waals surface area contributed by atoms with E-state index in [9.17, 15) is 13.2 Å². The summed E-state index contributed by atoms with van der Waals surface area (Å²) in [4.78, 5) is 14.1. The van der Waals surface area contributed by atoms with Crippen molar-refractivity contribution in [2.75, 3.05) is 32.7 Å². The lowest BCUT2D eigenvalue weighted by Gasteiger charge is -2.35. The third-order valence-electron chi connectivity index (χ3n) is 4.19. The first-order valence-electron chi connectivity index (χ1n) is 6.70. The first-order valence-corrected chi connectivity index (χ1v) is 8.20. The lowest BCUT2D eigenvalue weighted by atomic mass is 9.94. The van der Waals surface area contributed by atoms with E-state index in [1.165, 1.54) is 4.31 Å². The molecule has 0 bridgehead atoms. The molecule has 2 atom stereocenters. The highest BCUT2D eigenvalue weighted by atomic mass is 32.2. The van der Waals surface area contributed by atoms with Gasteiger partial charge in [-0.25, -0.2) is 5.14 Å². The number of nitrogens with two attached hydrogens (primary N) is 2. The molecule has 1 heterocycles. The molecule has 1 aliphatic carbocycles. The van der Waals surface area contributed by atoms with E-state index in [1.54, 1.807) is 4.90 Å². The summed E-state index contributed by atoms with van der Waals surface area (Å²) in [6, 6.07) is 0. The number of amides is 1. The van der Waals surface area contributed by atoms with Crippen LogP contribution in [0.15, 0.2) is 0 Å². The van der Waals surface area contributed by atoms with Crippen LogP contribution in [0.2, 0.25) is 0 Å². The molecule has 19 heavy (non-hydrogen) atoms. The van der Waals surface area contributed by atoms with Crippen molar-refractivity contribution in [3.8, 4) is 0 Å². The molecule has 2 aliphatic rings. The molecule has 0 aromatic carbocycles. The van der Waals surface area contributed by atoms with Gasteiger partial charge < -0.3 is 10.6 Å². The van der Waals surface area contributed by atoms with Crippen LogP contribution in [0, 0.1) is 11.8 Å². The molecular weight excluding hydrogens is 268 g/mol. The van der Waals surface area contributed by atoms with Crippen LogP contribution in [-0.2, 0) is 15.0 Å². The molecule has 1 aliphatic heterocycles. The maximum atomic E-state index is 12.4. The molecule has 0 aromatic rings. The van der Waals surface area contributed by atoms with Gasteiger partial charge >= 0.3 is 0 Å². The average molecular weight is 290 g/mol. The molecule has 2 rings (SSSR count). The van der Waals surface area contributed by atoms with E-state index in [1.807, 2.05) is 0 Å². The van der Waals surface area contributed by atoms with Gasteiger partial charge in [0, 0.05) is 32.1 Å². The highest BCUT2D eigenvalue weighted by Gasteiger charge is 2.36. The topological polar surface area (TPSA) is 110 Å². The van der Waals surface area contributed by atoms with Crippen molar-refractivity contribution in [2.24, 2.45) is 22.7 Å². The van der Waals surface area contributed by atoms with Crippen molar-refractivity contribution >= 4 is 16.1 Å². The molecule has 0 spiro atoms. The minimum Gasteiger partial charge on any atom is -0.340 e. The van der Waals surface area contributed by atoms with Crippen molar-refractivity contribution in [1.29, 1.82) is 0 Å². The van der Waals surface area contributed by atoms with E-state index in [2.05, 4.69) is 0 Å². The summed E-state index contributed by atoms with van der Waals surface area (Å²) in [6.45, 7) is 1.95. The lowest BCUT2D eigenvalue weighted by Crippen LogP contribution is -2.53. The van der Waals surface area contributed by atoms with Crippen molar-refractivity contribution in [2.45, 2.75) is 19.3 Å². The van der Waals surface area contributed by atoms with Crippen molar-refractivity contribution < 1.29 is 13.2 Å². The van der Waals surface area contributed by atoms with Crippen LogP contribution in [0.5, 0.6) is 0 Å². The highest BCUT2D eigenvalue weighted by molar-refractivity contribution is 7.86. The van der Waals surface area contributed by atoms with E-state index in [0.717, 1.165) is 19.3 Å². The minimum atomic E-state index is -3.63. The predicted octanol–water partition coefficient (Wildman–Crippen LogP) is -1.29. The van der Waals surface area contributed by atoms with Crippen LogP contribution >= 0.6 is 0 Å². The maximum absolute atomic E-state index is 12.4. The number of nitrogens with zero attached hydrogens (tertiary/aromatic N) is 2. The van der Waals surface area contributed by atoms with Gasteiger partial charge in [0.15, 0.2) is 0 Å². The SMILES string of the molecule is NC[C@H]1CCC[C@H]1C(=O)N1CCN(S(N)(=O)=O)CC1. The zero-order valence-corrected chi connectivity index (χ0v) is 11.8. The zero-order chi connectivity index (χ0) is 14.0. The van der Waals surface area contributed by atoms with Gasteiger partial charge in [0.25, 0.3) is 10.2 Å². The normalized spacial score (nSPS) is 29.7. The third-order valence-corrected chi connectivity index (χ3v) is 5.27. The molecule has 0 aromatic heterocycles. The smallest absolute Gasteiger partial charge is 0.277 e.